The molecule has 0 fully saturated rings. The lowest BCUT2D eigenvalue weighted by Crippen LogP contribution is -1.95. The molecule has 0 radical (unpaired) electrons. The molecule has 1 aromatic carbocycles. The number of nitrogens with two attached hydrogens (primary N) is 1. The van der Waals surface area contributed by atoms with Crippen molar-refractivity contribution in [1.82, 2.24) is 0 Å². The summed E-state index contributed by atoms with van der Waals surface area (Å²) in [4.78, 5) is 20.5. The van der Waals surface area contributed by atoms with E-state index in [0.29, 0.717) is 18.4 Å². The molecule has 0 aliphatic carbocycles. The summed E-state index contributed by atoms with van der Waals surface area (Å²) in [5.41, 5.74) is 5.86. The highest BCUT2D eigenvalue weighted by atomic mass is 16.6. The average Bonchev–Trinajstić information content (AvgIpc) is 2.25. The van der Waals surface area contributed by atoms with Gasteiger partial charge in [0.05, 0.1) is 10.5 Å². The zero-order chi connectivity index (χ0) is 11.3. The van der Waals surface area contributed by atoms with Crippen LogP contribution >= 0.6 is 0 Å². The number of nitro benzene ring substituents is 1. The van der Waals surface area contributed by atoms with Gasteiger partial charge in [0, 0.05) is 12.6 Å². The number of hydrogen-bond donors (Lipinski definition) is 1. The highest BCUT2D eigenvalue weighted by molar-refractivity contribution is 5.82. The maximum atomic E-state index is 10.6. The van der Waals surface area contributed by atoms with Crippen molar-refractivity contribution in [3.05, 3.63) is 45.5 Å². The van der Waals surface area contributed by atoms with Gasteiger partial charge in [-0.05, 0) is 17.7 Å². The van der Waals surface area contributed by atoms with Gasteiger partial charge in [-0.3, -0.25) is 14.9 Å². The molecule has 0 unspecified atom stereocenters. The number of nitro groups is 1. The molecule has 15 heavy (non-hydrogen) atoms. The molecule has 0 saturated carbocycles. The summed E-state index contributed by atoms with van der Waals surface area (Å²) in [6.45, 7) is 0.382. The van der Waals surface area contributed by atoms with Crippen molar-refractivity contribution in [3.63, 3.8) is 0 Å². The van der Waals surface area contributed by atoms with Crippen LogP contribution in [0.25, 0.3) is 6.08 Å². The second-order valence-electron chi connectivity index (χ2n) is 2.83. The number of rotatable bonds is 4. The second-order valence-corrected chi connectivity index (χ2v) is 2.83. The van der Waals surface area contributed by atoms with Crippen molar-refractivity contribution in [2.45, 2.75) is 0 Å². The van der Waals surface area contributed by atoms with Crippen molar-refractivity contribution in [2.24, 2.45) is 5.73 Å². The van der Waals surface area contributed by atoms with Gasteiger partial charge in [-0.2, -0.15) is 0 Å². The third-order valence-electron chi connectivity index (χ3n) is 1.82. The summed E-state index contributed by atoms with van der Waals surface area (Å²) in [5, 5.41) is 10.5. The highest BCUT2D eigenvalue weighted by Gasteiger charge is 2.12. The van der Waals surface area contributed by atoms with E-state index in [-0.39, 0.29) is 11.3 Å². The zero-order valence-corrected chi connectivity index (χ0v) is 7.92. The van der Waals surface area contributed by atoms with Crippen molar-refractivity contribution in [1.29, 1.82) is 0 Å². The zero-order valence-electron chi connectivity index (χ0n) is 7.92. The standard InChI is InChI=1S/C10H10N2O3/c11-5-1-2-8-3-4-10(12(14)15)9(6-8)7-13/h1-4,6-7H,5,11H2. The number of carbonyl (C=O) groups is 1. The molecule has 0 atom stereocenters. The molecule has 0 amide bonds. The van der Waals surface area contributed by atoms with Crippen LogP contribution in [0.15, 0.2) is 24.3 Å². The van der Waals surface area contributed by atoms with E-state index in [4.69, 9.17) is 5.73 Å². The largest absolute Gasteiger partial charge is 0.327 e. The Kier molecular flexibility index (Phi) is 3.70. The Balaban J connectivity index is 3.13. The van der Waals surface area contributed by atoms with Gasteiger partial charge in [0.25, 0.3) is 5.69 Å². The van der Waals surface area contributed by atoms with Crippen LogP contribution in [-0.2, 0) is 0 Å². The van der Waals surface area contributed by atoms with Gasteiger partial charge >= 0.3 is 0 Å². The smallest absolute Gasteiger partial charge is 0.279 e. The summed E-state index contributed by atoms with van der Waals surface area (Å²) in [7, 11) is 0. The molecule has 0 spiro atoms. The van der Waals surface area contributed by atoms with Gasteiger partial charge in [-0.1, -0.05) is 12.2 Å². The Morgan fingerprint density at radius 2 is 2.20 bits per heavy atom. The van der Waals surface area contributed by atoms with Gasteiger partial charge in [0.15, 0.2) is 6.29 Å². The van der Waals surface area contributed by atoms with E-state index in [2.05, 4.69) is 0 Å². The van der Waals surface area contributed by atoms with E-state index in [0.717, 1.165) is 0 Å². The van der Waals surface area contributed by atoms with Crippen molar-refractivity contribution < 1.29 is 9.72 Å². The van der Waals surface area contributed by atoms with Gasteiger partial charge in [0.2, 0.25) is 0 Å². The van der Waals surface area contributed by atoms with Crippen LogP contribution in [0.3, 0.4) is 0 Å². The third-order valence-corrected chi connectivity index (χ3v) is 1.82. The molecule has 0 aromatic heterocycles. The Morgan fingerprint density at radius 3 is 2.73 bits per heavy atom. The Bertz CT molecular complexity index is 413. The van der Waals surface area contributed by atoms with Crippen LogP contribution in [0.5, 0.6) is 0 Å². The van der Waals surface area contributed by atoms with E-state index in [1.54, 1.807) is 18.2 Å². The molecule has 0 aliphatic rings. The van der Waals surface area contributed by atoms with Crippen LogP contribution < -0.4 is 5.73 Å². The van der Waals surface area contributed by atoms with Crippen molar-refractivity contribution in [3.8, 4) is 0 Å². The summed E-state index contributed by atoms with van der Waals surface area (Å²) >= 11 is 0. The number of nitrogens with zero attached hydrogens (tertiary/aromatic N) is 1. The van der Waals surface area contributed by atoms with Crippen molar-refractivity contribution in [2.75, 3.05) is 6.54 Å². The molecular weight excluding hydrogens is 196 g/mol. The molecule has 5 heteroatoms. The van der Waals surface area contributed by atoms with Gasteiger partial charge in [-0.15, -0.1) is 0 Å². The fourth-order valence-corrected chi connectivity index (χ4v) is 1.14. The molecule has 1 rings (SSSR count). The fourth-order valence-electron chi connectivity index (χ4n) is 1.14. The van der Waals surface area contributed by atoms with E-state index < -0.39 is 4.92 Å². The number of benzene rings is 1. The van der Waals surface area contributed by atoms with Gasteiger partial charge in [0.1, 0.15) is 0 Å². The predicted molar refractivity (Wildman–Crippen MR) is 56.6 cm³/mol. The number of hydrogen-bond acceptors (Lipinski definition) is 4. The first-order valence-corrected chi connectivity index (χ1v) is 4.29. The number of carbonyl (C=O) groups excluding carboxylic acids is 1. The molecular formula is C10H10N2O3. The molecule has 1 aromatic rings. The minimum absolute atomic E-state index is 0.0687. The molecule has 0 heterocycles. The van der Waals surface area contributed by atoms with E-state index in [1.165, 1.54) is 12.1 Å². The third kappa shape index (κ3) is 2.72. The molecule has 5 nitrogen and oxygen atoms in total. The minimum atomic E-state index is -0.583. The summed E-state index contributed by atoms with van der Waals surface area (Å²) in [6, 6.07) is 4.33. The normalized spacial score (nSPS) is 10.5. The fraction of sp³-hybridized carbons (Fsp3) is 0.100. The average molecular weight is 206 g/mol. The maximum Gasteiger partial charge on any atom is 0.279 e. The molecule has 0 saturated heterocycles. The van der Waals surface area contributed by atoms with Crippen molar-refractivity contribution >= 4 is 18.0 Å². The molecule has 0 aliphatic heterocycles. The SMILES string of the molecule is NCC=Cc1ccc([N+](=O)[O-])c(C=O)c1. The monoisotopic (exact) mass is 206 g/mol. The van der Waals surface area contributed by atoms with Crippen LogP contribution in [-0.4, -0.2) is 17.8 Å². The maximum absolute atomic E-state index is 10.6. The van der Waals surface area contributed by atoms with Crippen LogP contribution in [0, 0.1) is 10.1 Å². The first-order valence-electron chi connectivity index (χ1n) is 4.29. The predicted octanol–water partition coefficient (Wildman–Crippen LogP) is 1.38. The lowest BCUT2D eigenvalue weighted by Gasteiger charge is -1.97. The summed E-state index contributed by atoms with van der Waals surface area (Å²) < 4.78 is 0. The minimum Gasteiger partial charge on any atom is -0.327 e. The summed E-state index contributed by atoms with van der Waals surface area (Å²) in [6.07, 6.45) is 3.88. The lowest BCUT2D eigenvalue weighted by molar-refractivity contribution is -0.385. The van der Waals surface area contributed by atoms with Gasteiger partial charge < -0.3 is 5.73 Å². The summed E-state index contributed by atoms with van der Waals surface area (Å²) in [5.74, 6) is 0. The Hall–Kier alpha value is -2.01. The highest BCUT2D eigenvalue weighted by Crippen LogP contribution is 2.18. The lowest BCUT2D eigenvalue weighted by atomic mass is 10.1. The topological polar surface area (TPSA) is 86.2 Å². The molecule has 2 N–H and O–H groups in total. The first-order chi connectivity index (χ1) is 7.19. The molecule has 0 bridgehead atoms. The van der Waals surface area contributed by atoms with Crippen LogP contribution in [0.2, 0.25) is 0 Å². The quantitative estimate of drug-likeness (QED) is 0.458. The van der Waals surface area contributed by atoms with E-state index in [9.17, 15) is 14.9 Å². The van der Waals surface area contributed by atoms with E-state index >= 15 is 0 Å². The Labute approximate surface area is 86.4 Å². The second kappa shape index (κ2) is 5.02. The first kappa shape index (κ1) is 11.1. The van der Waals surface area contributed by atoms with E-state index in [1.807, 2.05) is 0 Å². The Morgan fingerprint density at radius 1 is 1.47 bits per heavy atom. The van der Waals surface area contributed by atoms with Crippen LogP contribution in [0.4, 0.5) is 5.69 Å². The number of aldehydes is 1. The van der Waals surface area contributed by atoms with Crippen LogP contribution in [0.1, 0.15) is 15.9 Å². The molecule has 78 valence electrons. The van der Waals surface area contributed by atoms with Gasteiger partial charge in [-0.25, -0.2) is 0 Å².